The first kappa shape index (κ1) is 8.07. The highest BCUT2D eigenvalue weighted by Gasteiger charge is 1.99. The molecule has 11 heavy (non-hydrogen) atoms. The Morgan fingerprint density at radius 2 is 2.45 bits per heavy atom. The molecule has 2 nitrogen and oxygen atoms in total. The van der Waals surface area contributed by atoms with Gasteiger partial charge in [-0.1, -0.05) is 12.6 Å². The summed E-state index contributed by atoms with van der Waals surface area (Å²) in [6.07, 6.45) is 1.59. The third-order valence-corrected chi connectivity index (χ3v) is 1.35. The van der Waals surface area contributed by atoms with Crippen molar-refractivity contribution in [1.82, 2.24) is 4.98 Å². The summed E-state index contributed by atoms with van der Waals surface area (Å²) in [6, 6.07) is 5.23. The Hall–Kier alpha value is -1.03. The van der Waals surface area contributed by atoms with E-state index in [2.05, 4.69) is 15.7 Å². The van der Waals surface area contributed by atoms with Crippen LogP contribution in [0.25, 0.3) is 5.76 Å². The second kappa shape index (κ2) is 3.98. The van der Waals surface area contributed by atoms with Crippen molar-refractivity contribution in [2.75, 3.05) is 0 Å². The van der Waals surface area contributed by atoms with Crippen molar-refractivity contribution in [3.05, 3.63) is 36.7 Å². The van der Waals surface area contributed by atoms with Crippen molar-refractivity contribution < 1.29 is 8.07 Å². The molecule has 0 saturated heterocycles. The third kappa shape index (κ3) is 2.23. The van der Waals surface area contributed by atoms with Crippen LogP contribution in [0.2, 0.25) is 0 Å². The van der Waals surface area contributed by atoms with Crippen LogP contribution in [-0.4, -0.2) is 4.98 Å². The lowest BCUT2D eigenvalue weighted by molar-refractivity contribution is 0.570. The SMILES string of the molecule is C=C(OSF)c1ccccn1. The topological polar surface area (TPSA) is 22.1 Å². The summed E-state index contributed by atoms with van der Waals surface area (Å²) in [4.78, 5) is 3.89. The van der Waals surface area contributed by atoms with Crippen molar-refractivity contribution >= 4 is 18.2 Å². The minimum absolute atomic E-state index is 0.220. The predicted molar refractivity (Wildman–Crippen MR) is 43.1 cm³/mol. The van der Waals surface area contributed by atoms with Crippen LogP contribution in [-0.2, 0) is 4.18 Å². The zero-order chi connectivity index (χ0) is 8.10. The van der Waals surface area contributed by atoms with E-state index in [-0.39, 0.29) is 18.2 Å². The predicted octanol–water partition coefficient (Wildman–Crippen LogP) is 2.60. The van der Waals surface area contributed by atoms with Gasteiger partial charge in [-0.2, -0.15) is 0 Å². The summed E-state index contributed by atoms with van der Waals surface area (Å²) in [5.41, 5.74) is 0.539. The highest BCUT2D eigenvalue weighted by atomic mass is 32.2. The average molecular weight is 171 g/mol. The molecule has 0 radical (unpaired) electrons. The van der Waals surface area contributed by atoms with E-state index in [1.165, 1.54) is 0 Å². The van der Waals surface area contributed by atoms with Crippen LogP contribution < -0.4 is 0 Å². The van der Waals surface area contributed by atoms with Gasteiger partial charge in [-0.05, 0) is 12.1 Å². The number of nitrogens with zero attached hydrogens (tertiary/aromatic N) is 1. The molecule has 0 fully saturated rings. The summed E-state index contributed by atoms with van der Waals surface area (Å²) >= 11 is -0.235. The van der Waals surface area contributed by atoms with E-state index in [1.807, 2.05) is 0 Å². The Morgan fingerprint density at radius 3 is 3.00 bits per heavy atom. The second-order valence-electron chi connectivity index (χ2n) is 1.78. The molecule has 1 rings (SSSR count). The molecule has 1 aromatic heterocycles. The van der Waals surface area contributed by atoms with E-state index in [0.717, 1.165) is 0 Å². The maximum atomic E-state index is 11.5. The van der Waals surface area contributed by atoms with E-state index >= 15 is 0 Å². The van der Waals surface area contributed by atoms with Crippen LogP contribution in [0.5, 0.6) is 0 Å². The van der Waals surface area contributed by atoms with Crippen LogP contribution in [0.15, 0.2) is 31.0 Å². The van der Waals surface area contributed by atoms with Gasteiger partial charge < -0.3 is 4.18 Å². The van der Waals surface area contributed by atoms with Crippen molar-refractivity contribution in [2.24, 2.45) is 0 Å². The molecule has 4 heteroatoms. The number of hydrogen-bond acceptors (Lipinski definition) is 3. The fourth-order valence-corrected chi connectivity index (χ4v) is 0.770. The van der Waals surface area contributed by atoms with Gasteiger partial charge in [-0.25, -0.2) is 0 Å². The molecule has 1 heterocycles. The van der Waals surface area contributed by atoms with Gasteiger partial charge >= 0.3 is 0 Å². The summed E-state index contributed by atoms with van der Waals surface area (Å²) in [5.74, 6) is 0.220. The molecule has 0 bridgehead atoms. The first-order valence-electron chi connectivity index (χ1n) is 2.90. The summed E-state index contributed by atoms with van der Waals surface area (Å²) in [6.45, 7) is 3.47. The Balaban J connectivity index is 2.69. The number of hydrogen-bond donors (Lipinski definition) is 0. The van der Waals surface area contributed by atoms with Crippen LogP contribution in [0.4, 0.5) is 3.89 Å². The molecule has 0 saturated carbocycles. The summed E-state index contributed by atoms with van der Waals surface area (Å²) in [7, 11) is 0. The van der Waals surface area contributed by atoms with Gasteiger partial charge in [0, 0.05) is 6.20 Å². The molecule has 0 N–H and O–H groups in total. The van der Waals surface area contributed by atoms with Crippen molar-refractivity contribution in [3.8, 4) is 0 Å². The molecule has 0 aliphatic rings. The lowest BCUT2D eigenvalue weighted by Crippen LogP contribution is -1.85. The molecule has 0 aromatic carbocycles. The largest absolute Gasteiger partial charge is 0.395 e. The van der Waals surface area contributed by atoms with Crippen LogP contribution >= 0.6 is 12.4 Å². The maximum Gasteiger partial charge on any atom is 0.272 e. The van der Waals surface area contributed by atoms with Gasteiger partial charge in [-0.15, -0.1) is 3.89 Å². The fraction of sp³-hybridized carbons (Fsp3) is 0. The second-order valence-corrected chi connectivity index (χ2v) is 2.08. The lowest BCUT2D eigenvalue weighted by Gasteiger charge is -1.99. The highest BCUT2D eigenvalue weighted by molar-refractivity contribution is 7.89. The molecule has 58 valence electrons. The summed E-state index contributed by atoms with van der Waals surface area (Å²) in [5, 5.41) is 0. The molecule has 0 amide bonds. The van der Waals surface area contributed by atoms with E-state index in [9.17, 15) is 3.89 Å². The van der Waals surface area contributed by atoms with Crippen LogP contribution in [0.3, 0.4) is 0 Å². The molecular formula is C7H6FNOS. The van der Waals surface area contributed by atoms with E-state index in [0.29, 0.717) is 5.69 Å². The van der Waals surface area contributed by atoms with Gasteiger partial charge in [0.15, 0.2) is 5.76 Å². The Kier molecular flexibility index (Phi) is 2.92. The van der Waals surface area contributed by atoms with E-state index in [4.69, 9.17) is 0 Å². The monoisotopic (exact) mass is 171 g/mol. The number of halogens is 1. The minimum atomic E-state index is -0.235. The fourth-order valence-electron chi connectivity index (χ4n) is 0.608. The minimum Gasteiger partial charge on any atom is -0.395 e. The molecule has 0 aliphatic carbocycles. The number of rotatable bonds is 3. The van der Waals surface area contributed by atoms with Gasteiger partial charge in [0.1, 0.15) is 5.69 Å². The first-order valence-corrected chi connectivity index (χ1v) is 3.54. The van der Waals surface area contributed by atoms with Gasteiger partial charge in [-0.3, -0.25) is 4.98 Å². The molecule has 0 spiro atoms. The first-order chi connectivity index (χ1) is 5.34. The molecule has 0 aliphatic heterocycles. The van der Waals surface area contributed by atoms with Crippen LogP contribution in [0, 0.1) is 0 Å². The normalized spacial score (nSPS) is 9.18. The van der Waals surface area contributed by atoms with E-state index < -0.39 is 0 Å². The third-order valence-electron chi connectivity index (χ3n) is 1.08. The highest BCUT2D eigenvalue weighted by Crippen LogP contribution is 2.17. The van der Waals surface area contributed by atoms with Crippen molar-refractivity contribution in [1.29, 1.82) is 0 Å². The van der Waals surface area contributed by atoms with Crippen LogP contribution in [0.1, 0.15) is 5.69 Å². The Morgan fingerprint density at radius 1 is 1.64 bits per heavy atom. The van der Waals surface area contributed by atoms with E-state index in [1.54, 1.807) is 24.4 Å². The zero-order valence-electron chi connectivity index (χ0n) is 5.66. The lowest BCUT2D eigenvalue weighted by atomic mass is 10.3. The van der Waals surface area contributed by atoms with Gasteiger partial charge in [0.05, 0.1) is 0 Å². The van der Waals surface area contributed by atoms with Crippen molar-refractivity contribution in [2.45, 2.75) is 0 Å². The smallest absolute Gasteiger partial charge is 0.272 e. The standard InChI is InChI=1S/C7H6FNOS/c1-6(10-11-8)7-4-2-3-5-9-7/h2-5H,1H2. The molecule has 0 unspecified atom stereocenters. The van der Waals surface area contributed by atoms with Crippen molar-refractivity contribution in [3.63, 3.8) is 0 Å². The summed E-state index contributed by atoms with van der Waals surface area (Å²) < 4.78 is 16.0. The van der Waals surface area contributed by atoms with Gasteiger partial charge in [0.25, 0.3) is 12.4 Å². The zero-order valence-corrected chi connectivity index (χ0v) is 6.47. The van der Waals surface area contributed by atoms with Gasteiger partial charge in [0.2, 0.25) is 0 Å². The molecule has 1 aromatic rings. The Bertz CT molecular complexity index is 239. The average Bonchev–Trinajstić information content (AvgIpc) is 2.07. The number of aromatic nitrogens is 1. The quantitative estimate of drug-likeness (QED) is 0.515. The maximum absolute atomic E-state index is 11.5. The molecular weight excluding hydrogens is 165 g/mol. The number of pyridine rings is 1. The Labute approximate surface area is 68.6 Å². The molecule has 0 atom stereocenters.